The molecule has 7 heteroatoms. The molecule has 2 unspecified atom stereocenters. The minimum absolute atomic E-state index is 0.195. The van der Waals surface area contributed by atoms with E-state index in [1.54, 1.807) is 19.1 Å². The van der Waals surface area contributed by atoms with E-state index >= 15 is 0 Å². The lowest BCUT2D eigenvalue weighted by molar-refractivity contribution is -0.144. The van der Waals surface area contributed by atoms with Crippen LogP contribution in [0.25, 0.3) is 0 Å². The van der Waals surface area contributed by atoms with E-state index in [1.807, 2.05) is 16.7 Å². The number of carbonyl (C=O) groups excluding carboxylic acids is 1. The van der Waals surface area contributed by atoms with Gasteiger partial charge in [-0.05, 0) is 31.5 Å². The molecule has 132 valence electrons. The van der Waals surface area contributed by atoms with E-state index in [9.17, 15) is 19.1 Å². The maximum atomic E-state index is 13.2. The molecule has 1 saturated heterocycles. The van der Waals surface area contributed by atoms with Gasteiger partial charge < -0.3 is 10.4 Å². The van der Waals surface area contributed by atoms with Crippen LogP contribution >= 0.6 is 0 Å². The summed E-state index contributed by atoms with van der Waals surface area (Å²) in [6.07, 6.45) is 0.560. The van der Waals surface area contributed by atoms with E-state index in [4.69, 9.17) is 0 Å². The zero-order valence-electron chi connectivity index (χ0n) is 14.0. The topological polar surface area (TPSA) is 72.9 Å². The first-order valence-electron chi connectivity index (χ1n) is 8.19. The number of anilines is 1. The van der Waals surface area contributed by atoms with Gasteiger partial charge in [0.2, 0.25) is 5.91 Å². The van der Waals surface area contributed by atoms with Crippen molar-refractivity contribution in [3.63, 3.8) is 0 Å². The van der Waals surface area contributed by atoms with E-state index in [0.717, 1.165) is 0 Å². The molecule has 0 aromatic heterocycles. The Morgan fingerprint density at radius 3 is 2.42 bits per heavy atom. The number of piperazine rings is 1. The number of nitrogens with zero attached hydrogens (tertiary/aromatic N) is 2. The molecule has 0 radical (unpaired) electrons. The number of hydrogen-bond acceptors (Lipinski definition) is 4. The highest BCUT2D eigenvalue weighted by Crippen LogP contribution is 2.14. The maximum absolute atomic E-state index is 13.2. The molecule has 1 aliphatic heterocycles. The number of rotatable bonds is 6. The molecular formula is C17H24FN3O3. The number of carboxylic acids is 1. The monoisotopic (exact) mass is 337 g/mol. The molecule has 1 aromatic carbocycles. The van der Waals surface area contributed by atoms with E-state index < -0.39 is 17.8 Å². The summed E-state index contributed by atoms with van der Waals surface area (Å²) in [6.45, 7) is 6.15. The Bertz CT molecular complexity index is 588. The molecule has 24 heavy (non-hydrogen) atoms. The van der Waals surface area contributed by atoms with Gasteiger partial charge >= 0.3 is 5.97 Å². The summed E-state index contributed by atoms with van der Waals surface area (Å²) < 4.78 is 13.2. The van der Waals surface area contributed by atoms with E-state index in [0.29, 0.717) is 38.3 Å². The van der Waals surface area contributed by atoms with Crippen LogP contribution in [0.4, 0.5) is 10.1 Å². The van der Waals surface area contributed by atoms with Gasteiger partial charge in [0.05, 0.1) is 6.04 Å². The fourth-order valence-electron chi connectivity index (χ4n) is 3.00. The molecule has 1 amide bonds. The van der Waals surface area contributed by atoms with Crippen LogP contribution in [0.2, 0.25) is 0 Å². The van der Waals surface area contributed by atoms with Gasteiger partial charge in [-0.3, -0.25) is 19.4 Å². The summed E-state index contributed by atoms with van der Waals surface area (Å²) in [5.74, 6) is -1.39. The third-order valence-electron chi connectivity index (χ3n) is 4.48. The average molecular weight is 337 g/mol. The minimum atomic E-state index is -0.803. The van der Waals surface area contributed by atoms with Crippen molar-refractivity contribution in [2.75, 3.05) is 31.5 Å². The van der Waals surface area contributed by atoms with Gasteiger partial charge in [0.15, 0.2) is 0 Å². The molecule has 0 spiro atoms. The van der Waals surface area contributed by atoms with Crippen LogP contribution < -0.4 is 5.32 Å². The Kier molecular flexibility index (Phi) is 6.28. The highest BCUT2D eigenvalue weighted by atomic mass is 19.1. The fourth-order valence-corrected chi connectivity index (χ4v) is 3.00. The zero-order valence-corrected chi connectivity index (χ0v) is 14.0. The summed E-state index contributed by atoms with van der Waals surface area (Å²) in [7, 11) is 0. The maximum Gasteiger partial charge on any atom is 0.320 e. The van der Waals surface area contributed by atoms with Gasteiger partial charge in [-0.2, -0.15) is 0 Å². The minimum Gasteiger partial charge on any atom is -0.480 e. The Balaban J connectivity index is 1.89. The van der Waals surface area contributed by atoms with Crippen molar-refractivity contribution in [1.82, 2.24) is 9.80 Å². The molecule has 0 bridgehead atoms. The summed E-state index contributed by atoms with van der Waals surface area (Å²) in [5, 5.41) is 11.9. The second kappa shape index (κ2) is 8.21. The molecule has 0 aliphatic carbocycles. The van der Waals surface area contributed by atoms with Crippen LogP contribution in [-0.4, -0.2) is 65.0 Å². The second-order valence-electron chi connectivity index (χ2n) is 6.01. The van der Waals surface area contributed by atoms with Crippen molar-refractivity contribution in [1.29, 1.82) is 0 Å². The molecule has 1 heterocycles. The number of carboxylic acid groups (broad SMARTS) is 1. The lowest BCUT2D eigenvalue weighted by Crippen LogP contribution is -2.56. The largest absolute Gasteiger partial charge is 0.480 e. The van der Waals surface area contributed by atoms with Gasteiger partial charge in [-0.1, -0.05) is 13.0 Å². The summed E-state index contributed by atoms with van der Waals surface area (Å²) in [4.78, 5) is 27.5. The molecule has 1 aliphatic rings. The van der Waals surface area contributed by atoms with Gasteiger partial charge in [0, 0.05) is 31.9 Å². The van der Waals surface area contributed by atoms with Gasteiger partial charge in [0.1, 0.15) is 11.9 Å². The Labute approximate surface area is 141 Å². The average Bonchev–Trinajstić information content (AvgIpc) is 2.55. The van der Waals surface area contributed by atoms with Gasteiger partial charge in [0.25, 0.3) is 0 Å². The highest BCUT2D eigenvalue weighted by molar-refractivity contribution is 5.94. The van der Waals surface area contributed by atoms with Gasteiger partial charge in [-0.15, -0.1) is 0 Å². The molecule has 2 rings (SSSR count). The molecule has 2 N–H and O–H groups in total. The Hall–Kier alpha value is -1.99. The van der Waals surface area contributed by atoms with Crippen LogP contribution in [0.15, 0.2) is 24.3 Å². The Morgan fingerprint density at radius 2 is 1.88 bits per heavy atom. The van der Waals surface area contributed by atoms with E-state index in [-0.39, 0.29) is 11.9 Å². The molecule has 1 fully saturated rings. The zero-order chi connectivity index (χ0) is 17.7. The predicted octanol–water partition coefficient (Wildman–Crippen LogP) is 1.63. The van der Waals surface area contributed by atoms with Crippen molar-refractivity contribution in [3.05, 3.63) is 30.1 Å². The standard InChI is InChI=1S/C17H24FN3O3/c1-3-15(17(23)24)21-9-7-20(8-10-21)12(2)16(22)19-14-6-4-5-13(18)11-14/h4-6,11-12,15H,3,7-10H2,1-2H3,(H,19,22)(H,23,24). The normalized spacial score (nSPS) is 18.8. The van der Waals surface area contributed by atoms with Crippen molar-refractivity contribution in [2.45, 2.75) is 32.4 Å². The SMILES string of the molecule is CCC(C(=O)O)N1CCN(C(C)C(=O)Nc2cccc(F)c2)CC1. The molecular weight excluding hydrogens is 313 g/mol. The fraction of sp³-hybridized carbons (Fsp3) is 0.529. The first kappa shape index (κ1) is 18.4. The Morgan fingerprint density at radius 1 is 1.25 bits per heavy atom. The lowest BCUT2D eigenvalue weighted by Gasteiger charge is -2.39. The third kappa shape index (κ3) is 4.52. The number of amides is 1. The second-order valence-corrected chi connectivity index (χ2v) is 6.01. The first-order valence-corrected chi connectivity index (χ1v) is 8.19. The lowest BCUT2D eigenvalue weighted by atomic mass is 10.1. The predicted molar refractivity (Wildman–Crippen MR) is 89.4 cm³/mol. The van der Waals surface area contributed by atoms with Crippen molar-refractivity contribution >= 4 is 17.6 Å². The molecule has 1 aromatic rings. The van der Waals surface area contributed by atoms with Crippen molar-refractivity contribution in [3.8, 4) is 0 Å². The van der Waals surface area contributed by atoms with Crippen LogP contribution in [-0.2, 0) is 9.59 Å². The van der Waals surface area contributed by atoms with E-state index in [2.05, 4.69) is 5.32 Å². The third-order valence-corrected chi connectivity index (χ3v) is 4.48. The number of nitrogens with one attached hydrogen (secondary N) is 1. The number of benzene rings is 1. The number of hydrogen-bond donors (Lipinski definition) is 2. The van der Waals surface area contributed by atoms with E-state index in [1.165, 1.54) is 12.1 Å². The molecule has 0 saturated carbocycles. The number of halogens is 1. The summed E-state index contributed by atoms with van der Waals surface area (Å²) in [5.41, 5.74) is 0.433. The summed E-state index contributed by atoms with van der Waals surface area (Å²) >= 11 is 0. The van der Waals surface area contributed by atoms with Crippen LogP contribution in [0, 0.1) is 5.82 Å². The van der Waals surface area contributed by atoms with Crippen molar-refractivity contribution < 1.29 is 19.1 Å². The molecule has 2 atom stereocenters. The van der Waals surface area contributed by atoms with Crippen LogP contribution in [0.5, 0.6) is 0 Å². The highest BCUT2D eigenvalue weighted by Gasteiger charge is 2.30. The number of carbonyl (C=O) groups is 2. The summed E-state index contributed by atoms with van der Waals surface area (Å²) in [6, 6.07) is 4.96. The van der Waals surface area contributed by atoms with Gasteiger partial charge in [-0.25, -0.2) is 4.39 Å². The van der Waals surface area contributed by atoms with Crippen molar-refractivity contribution in [2.24, 2.45) is 0 Å². The quantitative estimate of drug-likeness (QED) is 0.825. The van der Waals surface area contributed by atoms with Crippen LogP contribution in [0.1, 0.15) is 20.3 Å². The molecule has 6 nitrogen and oxygen atoms in total. The first-order chi connectivity index (χ1) is 11.4. The van der Waals surface area contributed by atoms with Crippen LogP contribution in [0.3, 0.4) is 0 Å². The number of aliphatic carboxylic acids is 1. The smallest absolute Gasteiger partial charge is 0.320 e.